The van der Waals surface area contributed by atoms with Crippen molar-refractivity contribution in [1.29, 1.82) is 0 Å². The third-order valence-corrected chi connectivity index (χ3v) is 2.88. The highest BCUT2D eigenvalue weighted by atomic mass is 79.9. The highest BCUT2D eigenvalue weighted by Crippen LogP contribution is 2.27. The average Bonchev–Trinajstić information content (AvgIpc) is 2.45. The van der Waals surface area contributed by atoms with Crippen LogP contribution < -0.4 is 10.1 Å². The number of hydrogen-bond donors (Lipinski definition) is 3. The zero-order valence-electron chi connectivity index (χ0n) is 11.8. The van der Waals surface area contributed by atoms with Gasteiger partial charge >= 0.3 is 11.9 Å². The predicted octanol–water partition coefficient (Wildman–Crippen LogP) is 1.87. The molecular weight excluding hydrogens is 382 g/mol. The van der Waals surface area contributed by atoms with Crippen LogP contribution in [0.5, 0.6) is 5.75 Å². The van der Waals surface area contributed by atoms with Crippen molar-refractivity contribution in [3.63, 3.8) is 0 Å². The maximum Gasteiger partial charge on any atom is 0.414 e. The van der Waals surface area contributed by atoms with Crippen LogP contribution in [0, 0.1) is 0 Å². The lowest BCUT2D eigenvalue weighted by molar-refractivity contribution is -0.159. The first-order chi connectivity index (χ1) is 10.4. The molecule has 0 amide bonds. The van der Waals surface area contributed by atoms with E-state index in [1.807, 2.05) is 18.2 Å². The van der Waals surface area contributed by atoms with Gasteiger partial charge in [0.25, 0.3) is 0 Å². The van der Waals surface area contributed by atoms with Gasteiger partial charge in [0.1, 0.15) is 12.4 Å². The van der Waals surface area contributed by atoms with Crippen LogP contribution >= 0.6 is 27.5 Å². The molecule has 0 fully saturated rings. The van der Waals surface area contributed by atoms with E-state index >= 15 is 0 Å². The van der Waals surface area contributed by atoms with Crippen LogP contribution in [0.25, 0.3) is 0 Å². The minimum absolute atomic E-state index is 0.588. The van der Waals surface area contributed by atoms with E-state index in [4.69, 9.17) is 40.9 Å². The fraction of sp³-hybridized carbons (Fsp3) is 0.385. The molecule has 0 aromatic heterocycles. The zero-order valence-corrected chi connectivity index (χ0v) is 14.2. The molecule has 0 spiro atoms. The van der Waals surface area contributed by atoms with Gasteiger partial charge in [0.05, 0.1) is 11.6 Å². The van der Waals surface area contributed by atoms with Crippen LogP contribution in [0.3, 0.4) is 0 Å². The van der Waals surface area contributed by atoms with Gasteiger partial charge in [0.15, 0.2) is 0 Å². The Morgan fingerprint density at radius 1 is 1.23 bits per heavy atom. The first-order valence-corrected chi connectivity index (χ1v) is 7.29. The SMILES string of the molecule is COCCNCCOc1ccc(Br)cc1Cl.O=C(O)C(=O)O. The van der Waals surface area contributed by atoms with Crippen molar-refractivity contribution in [3.05, 3.63) is 27.7 Å². The molecule has 0 atom stereocenters. The molecule has 22 heavy (non-hydrogen) atoms. The van der Waals surface area contributed by atoms with E-state index in [1.54, 1.807) is 7.11 Å². The summed E-state index contributed by atoms with van der Waals surface area (Å²) < 4.78 is 11.4. The fourth-order valence-corrected chi connectivity index (χ4v) is 1.85. The summed E-state index contributed by atoms with van der Waals surface area (Å²) in [5.74, 6) is -2.94. The third-order valence-electron chi connectivity index (χ3n) is 2.10. The molecule has 0 unspecified atom stereocenters. The molecular formula is C13H17BrClNO6. The molecule has 1 aromatic carbocycles. The van der Waals surface area contributed by atoms with Crippen LogP contribution in [0.1, 0.15) is 0 Å². The second-order valence-electron chi connectivity index (χ2n) is 3.78. The number of aliphatic carboxylic acids is 2. The highest BCUT2D eigenvalue weighted by molar-refractivity contribution is 9.10. The van der Waals surface area contributed by atoms with E-state index < -0.39 is 11.9 Å². The monoisotopic (exact) mass is 397 g/mol. The smallest absolute Gasteiger partial charge is 0.414 e. The number of carboxylic acid groups (broad SMARTS) is 2. The van der Waals surface area contributed by atoms with Crippen LogP contribution in [-0.4, -0.2) is 55.6 Å². The molecule has 7 nitrogen and oxygen atoms in total. The normalized spacial score (nSPS) is 9.59. The van der Waals surface area contributed by atoms with Gasteiger partial charge in [-0.15, -0.1) is 0 Å². The lowest BCUT2D eigenvalue weighted by Gasteiger charge is -2.08. The number of halogens is 2. The zero-order chi connectivity index (χ0) is 17.0. The second-order valence-corrected chi connectivity index (χ2v) is 5.10. The predicted molar refractivity (Wildman–Crippen MR) is 84.7 cm³/mol. The molecule has 1 aromatic rings. The summed E-state index contributed by atoms with van der Waals surface area (Å²) in [4.78, 5) is 18.2. The highest BCUT2D eigenvalue weighted by Gasteiger charge is 2.04. The van der Waals surface area contributed by atoms with E-state index in [9.17, 15) is 0 Å². The van der Waals surface area contributed by atoms with Gasteiger partial charge in [-0.3, -0.25) is 0 Å². The van der Waals surface area contributed by atoms with Gasteiger partial charge < -0.3 is 25.0 Å². The fourth-order valence-electron chi connectivity index (χ4n) is 1.12. The topological polar surface area (TPSA) is 105 Å². The molecule has 1 rings (SSSR count). The lowest BCUT2D eigenvalue weighted by atomic mass is 10.3. The number of carbonyl (C=O) groups is 2. The Hall–Kier alpha value is -1.35. The van der Waals surface area contributed by atoms with Crippen LogP contribution in [0.15, 0.2) is 22.7 Å². The molecule has 0 saturated carbocycles. The number of methoxy groups -OCH3 is 1. The number of ether oxygens (including phenoxy) is 2. The molecule has 9 heteroatoms. The van der Waals surface area contributed by atoms with E-state index in [1.165, 1.54) is 0 Å². The molecule has 3 N–H and O–H groups in total. The van der Waals surface area contributed by atoms with Crippen molar-refractivity contribution in [1.82, 2.24) is 5.32 Å². The summed E-state index contributed by atoms with van der Waals surface area (Å²) in [5.41, 5.74) is 0. The maximum atomic E-state index is 9.10. The summed E-state index contributed by atoms with van der Waals surface area (Å²) >= 11 is 9.34. The molecule has 0 bridgehead atoms. The van der Waals surface area contributed by atoms with Gasteiger partial charge in [-0.1, -0.05) is 27.5 Å². The number of nitrogens with one attached hydrogen (secondary N) is 1. The Kier molecular flexibility index (Phi) is 11.5. The van der Waals surface area contributed by atoms with Gasteiger partial charge in [-0.05, 0) is 18.2 Å². The second kappa shape index (κ2) is 12.2. The van der Waals surface area contributed by atoms with E-state index in [-0.39, 0.29) is 0 Å². The Balaban J connectivity index is 0.000000626. The molecule has 0 saturated heterocycles. The summed E-state index contributed by atoms with van der Waals surface area (Å²) in [7, 11) is 1.68. The van der Waals surface area contributed by atoms with Crippen molar-refractivity contribution in [2.45, 2.75) is 0 Å². The van der Waals surface area contributed by atoms with Crippen molar-refractivity contribution < 1.29 is 29.3 Å². The van der Waals surface area contributed by atoms with Crippen molar-refractivity contribution in [3.8, 4) is 5.75 Å². The largest absolute Gasteiger partial charge is 0.491 e. The molecule has 0 aliphatic heterocycles. The van der Waals surface area contributed by atoms with Crippen LogP contribution in [0.4, 0.5) is 0 Å². The van der Waals surface area contributed by atoms with Gasteiger partial charge in [0.2, 0.25) is 0 Å². The van der Waals surface area contributed by atoms with Gasteiger partial charge in [0, 0.05) is 24.7 Å². The molecule has 0 radical (unpaired) electrons. The Morgan fingerprint density at radius 3 is 2.32 bits per heavy atom. The van der Waals surface area contributed by atoms with E-state index in [0.717, 1.165) is 17.6 Å². The molecule has 0 aliphatic carbocycles. The number of benzene rings is 1. The summed E-state index contributed by atoms with van der Waals surface area (Å²) in [5, 5.41) is 18.6. The summed E-state index contributed by atoms with van der Waals surface area (Å²) in [6, 6.07) is 5.57. The van der Waals surface area contributed by atoms with Crippen molar-refractivity contribution in [2.24, 2.45) is 0 Å². The minimum Gasteiger partial charge on any atom is -0.491 e. The Labute approximate surface area is 141 Å². The Morgan fingerprint density at radius 2 is 1.82 bits per heavy atom. The van der Waals surface area contributed by atoms with Gasteiger partial charge in [-0.25, -0.2) is 9.59 Å². The molecule has 124 valence electrons. The first kappa shape index (κ1) is 20.6. The standard InChI is InChI=1S/C11H15BrClNO2.C2H2O4/c1-15-6-4-14-5-7-16-11-3-2-9(12)8-10(11)13;3-1(4)2(5)6/h2-3,8,14H,4-7H2,1H3;(H,3,4)(H,5,6). The summed E-state index contributed by atoms with van der Waals surface area (Å²) in [6.07, 6.45) is 0. The first-order valence-electron chi connectivity index (χ1n) is 6.12. The maximum absolute atomic E-state index is 9.10. The van der Waals surface area contributed by atoms with Crippen molar-refractivity contribution >= 4 is 39.5 Å². The Bertz CT molecular complexity index is 474. The minimum atomic E-state index is -1.82. The quantitative estimate of drug-likeness (QED) is 0.475. The van der Waals surface area contributed by atoms with Crippen LogP contribution in [0.2, 0.25) is 5.02 Å². The summed E-state index contributed by atoms with van der Waals surface area (Å²) in [6.45, 7) is 2.90. The number of hydrogen-bond acceptors (Lipinski definition) is 5. The average molecular weight is 399 g/mol. The van der Waals surface area contributed by atoms with Gasteiger partial charge in [-0.2, -0.15) is 0 Å². The number of rotatable bonds is 7. The van der Waals surface area contributed by atoms with Crippen molar-refractivity contribution in [2.75, 3.05) is 33.4 Å². The lowest BCUT2D eigenvalue weighted by Crippen LogP contribution is -2.24. The molecule has 0 aliphatic rings. The molecule has 0 heterocycles. The van der Waals surface area contributed by atoms with E-state index in [0.29, 0.717) is 24.0 Å². The number of carboxylic acids is 2. The van der Waals surface area contributed by atoms with Crippen LogP contribution in [-0.2, 0) is 14.3 Å². The third kappa shape index (κ3) is 10.4. The van der Waals surface area contributed by atoms with E-state index in [2.05, 4.69) is 21.2 Å².